The Morgan fingerprint density at radius 1 is 1.29 bits per heavy atom. The fourth-order valence-electron chi connectivity index (χ4n) is 1.46. The van der Waals surface area contributed by atoms with E-state index < -0.39 is 0 Å². The van der Waals surface area contributed by atoms with Crippen molar-refractivity contribution >= 4 is 12.0 Å². The molecule has 14 heavy (non-hydrogen) atoms. The third kappa shape index (κ3) is 1.69. The second-order valence-electron chi connectivity index (χ2n) is 3.16. The smallest absolute Gasteiger partial charge is 0.0531 e. The molecule has 0 unspecified atom stereocenters. The van der Waals surface area contributed by atoms with Crippen LogP contribution >= 0.6 is 12.0 Å². The molecule has 0 saturated heterocycles. The molecule has 1 heterocycles. The van der Waals surface area contributed by atoms with E-state index >= 15 is 0 Å². The third-order valence-electron chi connectivity index (χ3n) is 2.20. The van der Waals surface area contributed by atoms with Crippen molar-refractivity contribution in [2.75, 3.05) is 0 Å². The van der Waals surface area contributed by atoms with Gasteiger partial charge in [-0.15, -0.1) is 0 Å². The number of hydrogen-bond acceptors (Lipinski definition) is 2. The summed E-state index contributed by atoms with van der Waals surface area (Å²) in [4.78, 5) is 3.97. The van der Waals surface area contributed by atoms with Crippen molar-refractivity contribution in [1.29, 1.82) is 0 Å². The van der Waals surface area contributed by atoms with Gasteiger partial charge in [-0.3, -0.25) is 0 Å². The van der Waals surface area contributed by atoms with E-state index in [0.717, 1.165) is 22.6 Å². The number of aromatic nitrogens is 1. The fourth-order valence-corrected chi connectivity index (χ4v) is 1.74. The van der Waals surface area contributed by atoms with Crippen molar-refractivity contribution in [3.63, 3.8) is 0 Å². The van der Waals surface area contributed by atoms with Crippen LogP contribution in [-0.2, 0) is 0 Å². The van der Waals surface area contributed by atoms with Crippen molar-refractivity contribution in [3.8, 4) is 11.3 Å². The van der Waals surface area contributed by atoms with Gasteiger partial charge in [-0.05, 0) is 18.6 Å². The van der Waals surface area contributed by atoms with Gasteiger partial charge in [-0.2, -0.15) is 0 Å². The van der Waals surface area contributed by atoms with E-state index in [9.17, 15) is 0 Å². The lowest BCUT2D eigenvalue weighted by atomic mass is 10.1. The fraction of sp³-hybridized carbons (Fsp3) is 0.0909. The van der Waals surface area contributed by atoms with Crippen LogP contribution in [0.4, 0.5) is 0 Å². The molecule has 0 aliphatic carbocycles. The number of hydrogen-bond donors (Lipinski definition) is 2. The highest BCUT2D eigenvalue weighted by atomic mass is 32.2. The molecule has 3 heteroatoms. The summed E-state index contributed by atoms with van der Waals surface area (Å²) >= 11 is 0.759. The molecule has 0 aliphatic heterocycles. The Balaban J connectivity index is 2.44. The molecule has 0 bridgehead atoms. The second-order valence-corrected chi connectivity index (χ2v) is 3.81. The predicted octanol–water partition coefficient (Wildman–Crippen LogP) is 3.56. The van der Waals surface area contributed by atoms with Gasteiger partial charge in [0, 0.05) is 29.5 Å². The van der Waals surface area contributed by atoms with Crippen LogP contribution in [0.3, 0.4) is 0 Å². The minimum atomic E-state index is 0.759. The van der Waals surface area contributed by atoms with Gasteiger partial charge >= 0.3 is 0 Å². The predicted molar refractivity (Wildman–Crippen MR) is 59.5 cm³/mol. The van der Waals surface area contributed by atoms with Crippen LogP contribution < -0.4 is 0 Å². The minimum absolute atomic E-state index is 0.759. The Hall–Kier alpha value is -1.19. The van der Waals surface area contributed by atoms with Crippen molar-refractivity contribution in [3.05, 3.63) is 42.1 Å². The number of H-pyrrole nitrogens is 1. The van der Waals surface area contributed by atoms with E-state index in [4.69, 9.17) is 4.55 Å². The summed E-state index contributed by atoms with van der Waals surface area (Å²) in [5, 5.41) is 0. The molecule has 0 saturated carbocycles. The van der Waals surface area contributed by atoms with Gasteiger partial charge in [0.25, 0.3) is 0 Å². The zero-order valence-corrected chi connectivity index (χ0v) is 8.64. The first-order valence-corrected chi connectivity index (χ1v) is 5.14. The Morgan fingerprint density at radius 3 is 2.71 bits per heavy atom. The van der Waals surface area contributed by atoms with Crippen LogP contribution in [0.15, 0.2) is 41.4 Å². The van der Waals surface area contributed by atoms with Gasteiger partial charge in [0.05, 0.1) is 4.90 Å². The second kappa shape index (κ2) is 3.90. The average Bonchev–Trinajstić information content (AvgIpc) is 2.67. The van der Waals surface area contributed by atoms with E-state index in [0.29, 0.717) is 0 Å². The lowest BCUT2D eigenvalue weighted by Gasteiger charge is -2.01. The summed E-state index contributed by atoms with van der Waals surface area (Å²) in [6.07, 6.45) is 1.80. The van der Waals surface area contributed by atoms with Gasteiger partial charge < -0.3 is 9.54 Å². The van der Waals surface area contributed by atoms with Gasteiger partial charge in [0.2, 0.25) is 0 Å². The van der Waals surface area contributed by atoms with Gasteiger partial charge in [0.1, 0.15) is 0 Å². The van der Waals surface area contributed by atoms with Crippen molar-refractivity contribution in [2.45, 2.75) is 11.8 Å². The maximum Gasteiger partial charge on any atom is 0.0531 e. The lowest BCUT2D eigenvalue weighted by Crippen LogP contribution is -1.80. The SMILES string of the molecule is Cc1ccccc1-c1cc(SO)c[nH]1. The number of aryl methyl sites for hydroxylation is 1. The first kappa shape index (κ1) is 9.37. The summed E-state index contributed by atoms with van der Waals surface area (Å²) in [5.74, 6) is 0. The van der Waals surface area contributed by atoms with Crippen LogP contribution in [0, 0.1) is 6.92 Å². The van der Waals surface area contributed by atoms with Crippen LogP contribution in [0.1, 0.15) is 5.56 Å². The number of benzene rings is 1. The van der Waals surface area contributed by atoms with Crippen molar-refractivity contribution in [1.82, 2.24) is 4.98 Å². The highest BCUT2D eigenvalue weighted by Crippen LogP contribution is 2.25. The third-order valence-corrected chi connectivity index (χ3v) is 2.64. The van der Waals surface area contributed by atoms with Crippen LogP contribution in [0.2, 0.25) is 0 Å². The van der Waals surface area contributed by atoms with Crippen LogP contribution in [0.25, 0.3) is 11.3 Å². The molecule has 2 aromatic rings. The Labute approximate surface area is 87.2 Å². The standard InChI is InChI=1S/C11H11NOS/c1-8-4-2-3-5-10(8)11-6-9(14-13)7-12-11/h2-7,12-13H,1H3. The first-order chi connectivity index (χ1) is 6.81. The van der Waals surface area contributed by atoms with Crippen LogP contribution in [-0.4, -0.2) is 9.54 Å². The van der Waals surface area contributed by atoms with Gasteiger partial charge in [-0.1, -0.05) is 24.3 Å². The summed E-state index contributed by atoms with van der Waals surface area (Å²) in [7, 11) is 0. The summed E-state index contributed by atoms with van der Waals surface area (Å²) in [6.45, 7) is 2.07. The van der Waals surface area contributed by atoms with Gasteiger partial charge in [-0.25, -0.2) is 0 Å². The van der Waals surface area contributed by atoms with E-state index in [2.05, 4.69) is 24.0 Å². The maximum absolute atomic E-state index is 8.86. The molecule has 0 fully saturated rings. The topological polar surface area (TPSA) is 36.0 Å². The molecule has 2 nitrogen and oxygen atoms in total. The molecule has 1 aromatic heterocycles. The minimum Gasteiger partial charge on any atom is -0.360 e. The highest BCUT2D eigenvalue weighted by molar-refractivity contribution is 7.93. The Morgan fingerprint density at radius 2 is 2.07 bits per heavy atom. The molecule has 72 valence electrons. The molecule has 1 aromatic carbocycles. The normalized spacial score (nSPS) is 10.4. The number of nitrogens with one attached hydrogen (secondary N) is 1. The molecule has 2 rings (SSSR count). The maximum atomic E-state index is 8.86. The van der Waals surface area contributed by atoms with Gasteiger partial charge in [0.15, 0.2) is 0 Å². The molecule has 2 N–H and O–H groups in total. The molecule has 0 spiro atoms. The Kier molecular flexibility index (Phi) is 2.61. The summed E-state index contributed by atoms with van der Waals surface area (Å²) in [6, 6.07) is 10.1. The lowest BCUT2D eigenvalue weighted by molar-refractivity contribution is 0.664. The molecule has 0 atom stereocenters. The van der Waals surface area contributed by atoms with E-state index in [-0.39, 0.29) is 0 Å². The molecule has 0 aliphatic rings. The average molecular weight is 205 g/mol. The summed E-state index contributed by atoms with van der Waals surface area (Å²) in [5.41, 5.74) is 3.44. The van der Waals surface area contributed by atoms with Crippen molar-refractivity contribution < 1.29 is 4.55 Å². The molecule has 0 amide bonds. The van der Waals surface area contributed by atoms with E-state index in [1.807, 2.05) is 18.2 Å². The monoisotopic (exact) mass is 205 g/mol. The number of aromatic amines is 1. The first-order valence-electron chi connectivity index (χ1n) is 4.37. The van der Waals surface area contributed by atoms with E-state index in [1.165, 1.54) is 11.1 Å². The molecular weight excluding hydrogens is 194 g/mol. The summed E-state index contributed by atoms with van der Waals surface area (Å²) < 4.78 is 8.86. The van der Waals surface area contributed by atoms with E-state index in [1.54, 1.807) is 6.20 Å². The van der Waals surface area contributed by atoms with Crippen molar-refractivity contribution in [2.24, 2.45) is 0 Å². The molecule has 0 radical (unpaired) electrons. The molecular formula is C11H11NOS. The zero-order valence-electron chi connectivity index (χ0n) is 7.82. The number of rotatable bonds is 2. The Bertz CT molecular complexity index is 436. The quantitative estimate of drug-likeness (QED) is 0.735. The highest BCUT2D eigenvalue weighted by Gasteiger charge is 2.03. The van der Waals surface area contributed by atoms with Crippen LogP contribution in [0.5, 0.6) is 0 Å². The zero-order chi connectivity index (χ0) is 9.97. The largest absolute Gasteiger partial charge is 0.360 e.